The zero-order valence-electron chi connectivity index (χ0n) is 20.9. The number of para-hydroxylation sites is 1. The minimum atomic E-state index is -0.552. The Morgan fingerprint density at radius 3 is 2.77 bits per heavy atom. The first-order valence-electron chi connectivity index (χ1n) is 13.0. The predicted octanol–water partition coefficient (Wildman–Crippen LogP) is 6.48. The molecule has 0 saturated heterocycles. The standard InChI is InChI=1S/C29H24FN7O2/c30-24-23-22(14-32-25(24)18-11-19(13-31-12-18)33-29(38)16-5-2-1-3-6-16)36-37-27(23)28-34-21-8-4-7-20(26(21)35-28)17-9-10-39-15-17/h4,7-16H,1-3,5-6H2,(H,33,38)(H,34,35)(H,36,37). The van der Waals surface area contributed by atoms with Crippen LogP contribution in [0.5, 0.6) is 0 Å². The van der Waals surface area contributed by atoms with Crippen LogP contribution in [0.4, 0.5) is 10.1 Å². The van der Waals surface area contributed by atoms with E-state index in [-0.39, 0.29) is 22.9 Å². The highest BCUT2D eigenvalue weighted by atomic mass is 19.1. The first-order chi connectivity index (χ1) is 19.2. The second kappa shape index (κ2) is 9.46. The fourth-order valence-corrected chi connectivity index (χ4v) is 5.39. The maximum Gasteiger partial charge on any atom is 0.227 e. The lowest BCUT2D eigenvalue weighted by molar-refractivity contribution is -0.120. The number of fused-ring (bicyclic) bond motifs is 2. The minimum absolute atomic E-state index is 0.0000568. The number of halogens is 1. The molecule has 3 N–H and O–H groups in total. The number of rotatable bonds is 5. The van der Waals surface area contributed by atoms with Gasteiger partial charge >= 0.3 is 0 Å². The fraction of sp³-hybridized carbons (Fsp3) is 0.207. The lowest BCUT2D eigenvalue weighted by Gasteiger charge is -2.20. The smallest absolute Gasteiger partial charge is 0.227 e. The zero-order valence-corrected chi connectivity index (χ0v) is 20.9. The number of furan rings is 1. The van der Waals surface area contributed by atoms with Crippen LogP contribution in [0, 0.1) is 11.7 Å². The van der Waals surface area contributed by atoms with Gasteiger partial charge in [0.05, 0.1) is 52.5 Å². The van der Waals surface area contributed by atoms with Gasteiger partial charge in [0.25, 0.3) is 0 Å². The Balaban J connectivity index is 1.26. The molecule has 5 aromatic heterocycles. The van der Waals surface area contributed by atoms with Crippen molar-refractivity contribution >= 4 is 33.5 Å². The number of benzene rings is 1. The summed E-state index contributed by atoms with van der Waals surface area (Å²) in [6.07, 6.45) is 13.0. The summed E-state index contributed by atoms with van der Waals surface area (Å²) in [5.74, 6) is -0.145. The van der Waals surface area contributed by atoms with Gasteiger partial charge in [0.15, 0.2) is 11.6 Å². The van der Waals surface area contributed by atoms with E-state index < -0.39 is 5.82 Å². The van der Waals surface area contributed by atoms with Crippen molar-refractivity contribution in [2.24, 2.45) is 5.92 Å². The molecule has 0 unspecified atom stereocenters. The number of carbonyl (C=O) groups excluding carboxylic acids is 1. The summed E-state index contributed by atoms with van der Waals surface area (Å²) >= 11 is 0. The molecule has 0 radical (unpaired) electrons. The largest absolute Gasteiger partial charge is 0.472 e. The molecule has 0 bridgehead atoms. The van der Waals surface area contributed by atoms with Crippen LogP contribution < -0.4 is 5.32 Å². The molecule has 1 fully saturated rings. The average Bonchev–Trinajstić information content (AvgIpc) is 3.73. The normalized spacial score (nSPS) is 14.3. The van der Waals surface area contributed by atoms with Crippen LogP contribution in [0.25, 0.3) is 55.8 Å². The van der Waals surface area contributed by atoms with Gasteiger partial charge in [0.1, 0.15) is 11.4 Å². The van der Waals surface area contributed by atoms with Gasteiger partial charge in [-0.2, -0.15) is 5.10 Å². The van der Waals surface area contributed by atoms with Crippen molar-refractivity contribution in [3.8, 4) is 33.9 Å². The molecule has 0 spiro atoms. The number of nitrogens with zero attached hydrogens (tertiary/aromatic N) is 4. The molecule has 7 rings (SSSR count). The van der Waals surface area contributed by atoms with Gasteiger partial charge in [-0.1, -0.05) is 31.4 Å². The summed E-state index contributed by atoms with van der Waals surface area (Å²) in [7, 11) is 0. The van der Waals surface area contributed by atoms with E-state index in [9.17, 15) is 4.79 Å². The average molecular weight is 522 g/mol. The van der Waals surface area contributed by atoms with Gasteiger partial charge in [0.2, 0.25) is 5.91 Å². The molecule has 1 aliphatic carbocycles. The Labute approximate surface area is 221 Å². The molecule has 1 aromatic carbocycles. The molecule has 1 amide bonds. The van der Waals surface area contributed by atoms with Gasteiger partial charge in [-0.15, -0.1) is 0 Å². The van der Waals surface area contributed by atoms with Crippen LogP contribution in [0.15, 0.2) is 65.9 Å². The highest BCUT2D eigenvalue weighted by Gasteiger charge is 2.23. The molecule has 1 aliphatic rings. The van der Waals surface area contributed by atoms with Gasteiger partial charge in [-0.05, 0) is 31.0 Å². The number of aromatic nitrogens is 6. The number of amides is 1. The van der Waals surface area contributed by atoms with Crippen LogP contribution in [0.2, 0.25) is 0 Å². The highest BCUT2D eigenvalue weighted by Crippen LogP contribution is 2.35. The second-order valence-corrected chi connectivity index (χ2v) is 9.87. The summed E-state index contributed by atoms with van der Waals surface area (Å²) in [6, 6.07) is 9.35. The number of anilines is 1. The Hall–Kier alpha value is -4.86. The molecule has 10 heteroatoms. The van der Waals surface area contributed by atoms with Crippen molar-refractivity contribution in [1.82, 2.24) is 30.1 Å². The number of hydrogen-bond donors (Lipinski definition) is 3. The molecule has 1 saturated carbocycles. The van der Waals surface area contributed by atoms with Crippen molar-refractivity contribution in [2.45, 2.75) is 32.1 Å². The monoisotopic (exact) mass is 521 g/mol. The van der Waals surface area contributed by atoms with Gasteiger partial charge in [-0.25, -0.2) is 9.37 Å². The SMILES string of the molecule is O=C(Nc1cncc(-c2ncc3[nH]nc(-c4nc5c(-c6ccoc6)cccc5[nH]4)c3c2F)c1)C1CCCCC1. The van der Waals surface area contributed by atoms with E-state index in [1.54, 1.807) is 24.8 Å². The molecule has 39 heavy (non-hydrogen) atoms. The number of pyridine rings is 2. The summed E-state index contributed by atoms with van der Waals surface area (Å²) in [4.78, 5) is 29.4. The molecule has 9 nitrogen and oxygen atoms in total. The third-order valence-corrected chi connectivity index (χ3v) is 7.37. The Bertz CT molecular complexity index is 1820. The minimum Gasteiger partial charge on any atom is -0.472 e. The van der Waals surface area contributed by atoms with E-state index in [2.05, 4.69) is 30.5 Å². The molecule has 5 heterocycles. The lowest BCUT2D eigenvalue weighted by atomic mass is 9.88. The predicted molar refractivity (Wildman–Crippen MR) is 145 cm³/mol. The van der Waals surface area contributed by atoms with Gasteiger partial charge in [-0.3, -0.25) is 19.9 Å². The Morgan fingerprint density at radius 2 is 1.92 bits per heavy atom. The van der Waals surface area contributed by atoms with Crippen molar-refractivity contribution in [3.63, 3.8) is 0 Å². The lowest BCUT2D eigenvalue weighted by Crippen LogP contribution is -2.24. The van der Waals surface area contributed by atoms with E-state index >= 15 is 4.39 Å². The third kappa shape index (κ3) is 4.14. The van der Waals surface area contributed by atoms with E-state index in [1.165, 1.54) is 18.8 Å². The quantitative estimate of drug-likeness (QED) is 0.238. The second-order valence-electron chi connectivity index (χ2n) is 9.87. The zero-order chi connectivity index (χ0) is 26.3. The number of hydrogen-bond acceptors (Lipinski definition) is 6. The molecule has 0 aliphatic heterocycles. The third-order valence-electron chi connectivity index (χ3n) is 7.37. The van der Waals surface area contributed by atoms with Gasteiger partial charge < -0.3 is 14.7 Å². The van der Waals surface area contributed by atoms with E-state index in [0.29, 0.717) is 28.3 Å². The number of carbonyl (C=O) groups is 1. The van der Waals surface area contributed by atoms with Crippen molar-refractivity contribution < 1.29 is 13.6 Å². The maximum atomic E-state index is 16.1. The van der Waals surface area contributed by atoms with E-state index in [1.807, 2.05) is 24.3 Å². The van der Waals surface area contributed by atoms with Crippen LogP contribution in [-0.2, 0) is 4.79 Å². The number of H-pyrrole nitrogens is 2. The number of aromatic amines is 2. The van der Waals surface area contributed by atoms with Crippen LogP contribution >= 0.6 is 0 Å². The topological polar surface area (TPSA) is 125 Å². The number of nitrogens with one attached hydrogen (secondary N) is 3. The maximum absolute atomic E-state index is 16.1. The van der Waals surface area contributed by atoms with E-state index in [4.69, 9.17) is 9.40 Å². The molecule has 194 valence electrons. The summed E-state index contributed by atoms with van der Waals surface area (Å²) in [5, 5.41) is 10.4. The van der Waals surface area contributed by atoms with Crippen molar-refractivity contribution in [3.05, 3.63) is 67.3 Å². The van der Waals surface area contributed by atoms with Crippen LogP contribution in [0.3, 0.4) is 0 Å². The summed E-state index contributed by atoms with van der Waals surface area (Å²) < 4.78 is 21.3. The summed E-state index contributed by atoms with van der Waals surface area (Å²) in [5.41, 5.74) is 5.17. The van der Waals surface area contributed by atoms with Crippen molar-refractivity contribution in [2.75, 3.05) is 5.32 Å². The van der Waals surface area contributed by atoms with E-state index in [0.717, 1.165) is 47.8 Å². The first kappa shape index (κ1) is 23.3. The first-order valence-corrected chi connectivity index (χ1v) is 13.0. The molecule has 6 aromatic rings. The Morgan fingerprint density at radius 1 is 1.03 bits per heavy atom. The van der Waals surface area contributed by atoms with Crippen LogP contribution in [-0.4, -0.2) is 36.0 Å². The molecular weight excluding hydrogens is 497 g/mol. The van der Waals surface area contributed by atoms with Gasteiger partial charge in [0, 0.05) is 28.8 Å². The number of imidazole rings is 1. The Kier molecular flexibility index (Phi) is 5.65. The van der Waals surface area contributed by atoms with Crippen molar-refractivity contribution in [1.29, 1.82) is 0 Å². The summed E-state index contributed by atoms with van der Waals surface area (Å²) in [6.45, 7) is 0. The van der Waals surface area contributed by atoms with Crippen LogP contribution in [0.1, 0.15) is 32.1 Å². The molecular formula is C29H24FN7O2. The molecule has 0 atom stereocenters. The highest BCUT2D eigenvalue weighted by molar-refractivity contribution is 5.98. The fourth-order valence-electron chi connectivity index (χ4n) is 5.39.